The molecule has 0 saturated heterocycles. The number of hydrogen-bond acceptors (Lipinski definition) is 6. The summed E-state index contributed by atoms with van der Waals surface area (Å²) in [5.74, 6) is -0.0528. The lowest BCUT2D eigenvalue weighted by Crippen LogP contribution is -2.30. The Balaban J connectivity index is 1.59. The second-order valence-corrected chi connectivity index (χ2v) is 8.60. The van der Waals surface area contributed by atoms with Crippen LogP contribution in [0.25, 0.3) is 0 Å². The summed E-state index contributed by atoms with van der Waals surface area (Å²) in [4.78, 5) is 24.7. The second kappa shape index (κ2) is 10.1. The fourth-order valence-electron chi connectivity index (χ4n) is 2.67. The normalized spacial score (nSPS) is 11.9. The molecule has 9 heteroatoms. The van der Waals surface area contributed by atoms with Crippen molar-refractivity contribution in [1.82, 2.24) is 4.72 Å². The van der Waals surface area contributed by atoms with Gasteiger partial charge in [0, 0.05) is 5.69 Å². The predicted molar refractivity (Wildman–Crippen MR) is 119 cm³/mol. The average Bonchev–Trinajstić information content (AvgIpc) is 2.81. The molecule has 0 aliphatic carbocycles. The van der Waals surface area contributed by atoms with Crippen LogP contribution in [0.1, 0.15) is 17.3 Å². The number of anilines is 1. The average molecular weight is 455 g/mol. The van der Waals surface area contributed by atoms with Gasteiger partial charge in [-0.2, -0.15) is 0 Å². The Morgan fingerprint density at radius 1 is 0.875 bits per heavy atom. The highest BCUT2D eigenvalue weighted by atomic mass is 32.2. The van der Waals surface area contributed by atoms with E-state index in [1.54, 1.807) is 24.3 Å². The van der Waals surface area contributed by atoms with E-state index in [0.29, 0.717) is 17.2 Å². The van der Waals surface area contributed by atoms with Crippen LogP contribution >= 0.6 is 0 Å². The summed E-state index contributed by atoms with van der Waals surface area (Å²) < 4.78 is 36.9. The molecule has 3 aromatic carbocycles. The second-order valence-electron chi connectivity index (χ2n) is 6.71. The lowest BCUT2D eigenvalue weighted by molar-refractivity contribution is -0.123. The first-order chi connectivity index (χ1) is 15.3. The summed E-state index contributed by atoms with van der Waals surface area (Å²) >= 11 is 0. The third kappa shape index (κ3) is 5.93. The zero-order chi connectivity index (χ0) is 23.1. The Labute approximate surface area is 186 Å². The van der Waals surface area contributed by atoms with Gasteiger partial charge in [0.1, 0.15) is 11.5 Å². The number of benzene rings is 3. The number of esters is 1. The topological polar surface area (TPSA) is 111 Å². The monoisotopic (exact) mass is 454 g/mol. The number of ether oxygens (including phenoxy) is 2. The Hall–Kier alpha value is -3.69. The minimum Gasteiger partial charge on any atom is -0.457 e. The fourth-order valence-corrected chi connectivity index (χ4v) is 3.44. The third-order valence-electron chi connectivity index (χ3n) is 4.40. The first kappa shape index (κ1) is 23.0. The Kier molecular flexibility index (Phi) is 7.24. The summed E-state index contributed by atoms with van der Waals surface area (Å²) in [5.41, 5.74) is 0.517. The number of carbonyl (C=O) groups is 2. The molecule has 0 fully saturated rings. The first-order valence-electron chi connectivity index (χ1n) is 9.67. The zero-order valence-electron chi connectivity index (χ0n) is 17.4. The van der Waals surface area contributed by atoms with E-state index in [4.69, 9.17) is 9.47 Å². The molecule has 0 aliphatic heterocycles. The van der Waals surface area contributed by atoms with Gasteiger partial charge < -0.3 is 14.8 Å². The number of carbonyl (C=O) groups excluding carboxylic acids is 2. The summed E-state index contributed by atoms with van der Waals surface area (Å²) in [7, 11) is -2.44. The molecule has 0 spiro atoms. The highest BCUT2D eigenvalue weighted by molar-refractivity contribution is 7.89. The van der Waals surface area contributed by atoms with E-state index in [9.17, 15) is 18.0 Å². The molecule has 3 rings (SSSR count). The number of nitrogens with one attached hydrogen (secondary N) is 2. The lowest BCUT2D eigenvalue weighted by atomic mass is 10.2. The van der Waals surface area contributed by atoms with Crippen LogP contribution in [0.2, 0.25) is 0 Å². The molecule has 0 heterocycles. The number of rotatable bonds is 8. The van der Waals surface area contributed by atoms with E-state index < -0.39 is 28.0 Å². The largest absolute Gasteiger partial charge is 0.457 e. The molecule has 3 aromatic rings. The Morgan fingerprint density at radius 2 is 1.53 bits per heavy atom. The van der Waals surface area contributed by atoms with Crippen molar-refractivity contribution >= 4 is 27.6 Å². The van der Waals surface area contributed by atoms with Crippen molar-refractivity contribution in [1.29, 1.82) is 0 Å². The van der Waals surface area contributed by atoms with E-state index in [2.05, 4.69) is 10.0 Å². The van der Waals surface area contributed by atoms with E-state index >= 15 is 0 Å². The van der Waals surface area contributed by atoms with Gasteiger partial charge in [-0.25, -0.2) is 17.9 Å². The smallest absolute Gasteiger partial charge is 0.338 e. The van der Waals surface area contributed by atoms with Gasteiger partial charge in [-0.05, 0) is 68.6 Å². The van der Waals surface area contributed by atoms with E-state index in [-0.39, 0.29) is 10.5 Å². The van der Waals surface area contributed by atoms with Crippen LogP contribution in [0.4, 0.5) is 5.69 Å². The summed E-state index contributed by atoms with van der Waals surface area (Å²) in [6, 6.07) is 21.4. The van der Waals surface area contributed by atoms with Gasteiger partial charge in [0.05, 0.1) is 10.5 Å². The molecule has 0 radical (unpaired) electrons. The summed E-state index contributed by atoms with van der Waals surface area (Å²) in [5, 5.41) is 2.66. The van der Waals surface area contributed by atoms with E-state index in [1.807, 2.05) is 30.3 Å². The molecule has 32 heavy (non-hydrogen) atoms. The van der Waals surface area contributed by atoms with Crippen LogP contribution in [-0.2, 0) is 19.6 Å². The Morgan fingerprint density at radius 3 is 2.19 bits per heavy atom. The molecule has 0 aliphatic rings. The molecular weight excluding hydrogens is 432 g/mol. The van der Waals surface area contributed by atoms with Gasteiger partial charge in [0.15, 0.2) is 6.10 Å². The Bertz CT molecular complexity index is 1190. The number of amides is 1. The summed E-state index contributed by atoms with van der Waals surface area (Å²) in [6.07, 6.45) is -1.10. The van der Waals surface area contributed by atoms with Crippen molar-refractivity contribution in [3.05, 3.63) is 84.4 Å². The lowest BCUT2D eigenvalue weighted by Gasteiger charge is -2.14. The predicted octanol–water partition coefficient (Wildman–Crippen LogP) is 3.57. The molecule has 0 bridgehead atoms. The molecule has 8 nitrogen and oxygen atoms in total. The maximum atomic E-state index is 12.4. The van der Waals surface area contributed by atoms with Gasteiger partial charge >= 0.3 is 5.97 Å². The zero-order valence-corrected chi connectivity index (χ0v) is 18.3. The van der Waals surface area contributed by atoms with Gasteiger partial charge in [0.25, 0.3) is 5.91 Å². The van der Waals surface area contributed by atoms with Crippen LogP contribution in [0, 0.1) is 0 Å². The molecule has 2 N–H and O–H groups in total. The fraction of sp³-hybridized carbons (Fsp3) is 0.130. The highest BCUT2D eigenvalue weighted by Crippen LogP contribution is 2.23. The third-order valence-corrected chi connectivity index (χ3v) is 5.81. The molecule has 0 aromatic heterocycles. The van der Waals surface area contributed by atoms with Crippen LogP contribution in [-0.4, -0.2) is 33.4 Å². The van der Waals surface area contributed by atoms with Gasteiger partial charge in [-0.3, -0.25) is 4.79 Å². The summed E-state index contributed by atoms with van der Waals surface area (Å²) in [6.45, 7) is 1.42. The van der Waals surface area contributed by atoms with Crippen LogP contribution in [0.15, 0.2) is 83.8 Å². The maximum Gasteiger partial charge on any atom is 0.338 e. The standard InChI is InChI=1S/C23H22N2O6S/c1-16(30-23(27)17-7-6-10-21(15-17)32(28,29)24-2)22(26)25-18-11-13-20(14-12-18)31-19-8-4-3-5-9-19/h3-16,24H,1-2H3,(H,25,26)/t16-/m0/s1. The molecular formula is C23H22N2O6S. The number of hydrogen-bond donors (Lipinski definition) is 2. The highest BCUT2D eigenvalue weighted by Gasteiger charge is 2.21. The van der Waals surface area contributed by atoms with Crippen molar-refractivity contribution in [3.8, 4) is 11.5 Å². The van der Waals surface area contributed by atoms with Crippen LogP contribution in [0.5, 0.6) is 11.5 Å². The van der Waals surface area contributed by atoms with Crippen LogP contribution in [0.3, 0.4) is 0 Å². The van der Waals surface area contributed by atoms with Gasteiger partial charge in [-0.1, -0.05) is 24.3 Å². The molecule has 0 saturated carbocycles. The SMILES string of the molecule is CNS(=O)(=O)c1cccc(C(=O)O[C@@H](C)C(=O)Nc2ccc(Oc3ccccc3)cc2)c1. The van der Waals surface area contributed by atoms with Crippen molar-refractivity contribution in [3.63, 3.8) is 0 Å². The van der Waals surface area contributed by atoms with E-state index in [0.717, 1.165) is 0 Å². The minimum atomic E-state index is -3.71. The minimum absolute atomic E-state index is 0.0170. The molecule has 0 unspecified atom stereocenters. The number of para-hydroxylation sites is 1. The van der Waals surface area contributed by atoms with Crippen molar-refractivity contribution in [2.24, 2.45) is 0 Å². The van der Waals surface area contributed by atoms with Crippen molar-refractivity contribution in [2.45, 2.75) is 17.9 Å². The van der Waals surface area contributed by atoms with Crippen LogP contribution < -0.4 is 14.8 Å². The molecule has 166 valence electrons. The molecule has 1 atom stereocenters. The first-order valence-corrected chi connectivity index (χ1v) is 11.2. The van der Waals surface area contributed by atoms with Crippen molar-refractivity contribution < 1.29 is 27.5 Å². The van der Waals surface area contributed by atoms with Crippen molar-refractivity contribution in [2.75, 3.05) is 12.4 Å². The number of sulfonamides is 1. The molecule has 1 amide bonds. The maximum absolute atomic E-state index is 12.4. The van der Waals surface area contributed by atoms with Gasteiger partial charge in [0.2, 0.25) is 10.0 Å². The van der Waals surface area contributed by atoms with Gasteiger partial charge in [-0.15, -0.1) is 0 Å². The quantitative estimate of drug-likeness (QED) is 0.504. The van der Waals surface area contributed by atoms with E-state index in [1.165, 1.54) is 38.2 Å².